The Morgan fingerprint density at radius 2 is 2.45 bits per heavy atom. The molecule has 0 saturated heterocycles. The zero-order chi connectivity index (χ0) is 7.68. The molecule has 0 fully saturated rings. The van der Waals surface area contributed by atoms with E-state index in [1.807, 2.05) is 11.8 Å². The molecule has 1 aliphatic heterocycles. The van der Waals surface area contributed by atoms with Gasteiger partial charge in [-0.15, -0.1) is 0 Å². The number of aromatic nitrogens is 1. The van der Waals surface area contributed by atoms with Crippen molar-refractivity contribution in [1.29, 1.82) is 0 Å². The number of pyridine rings is 1. The number of hydrogen-bond acceptors (Lipinski definition) is 2. The van der Waals surface area contributed by atoms with Crippen molar-refractivity contribution in [3.8, 4) is 0 Å². The van der Waals surface area contributed by atoms with Crippen molar-refractivity contribution in [3.63, 3.8) is 0 Å². The maximum absolute atomic E-state index is 12.6. The fourth-order valence-corrected chi connectivity index (χ4v) is 2.16. The predicted molar refractivity (Wildman–Crippen MR) is 44.1 cm³/mol. The molecule has 1 aromatic rings. The van der Waals surface area contributed by atoms with E-state index in [-0.39, 0.29) is 5.82 Å². The van der Waals surface area contributed by atoms with E-state index in [0.29, 0.717) is 0 Å². The Hall–Kier alpha value is -0.570. The molecule has 0 spiro atoms. The number of fused-ring (bicyclic) bond motifs is 1. The van der Waals surface area contributed by atoms with Crippen LogP contribution in [0, 0.1) is 5.82 Å². The van der Waals surface area contributed by atoms with E-state index in [2.05, 4.69) is 4.98 Å². The van der Waals surface area contributed by atoms with Crippen molar-refractivity contribution in [2.75, 3.05) is 5.75 Å². The van der Waals surface area contributed by atoms with Crippen LogP contribution in [0.1, 0.15) is 11.3 Å². The minimum atomic E-state index is -0.216. The molecule has 0 N–H and O–H groups in total. The van der Waals surface area contributed by atoms with Crippen LogP contribution in [0.15, 0.2) is 12.3 Å². The summed E-state index contributed by atoms with van der Waals surface area (Å²) in [6, 6.07) is 1.59. The van der Waals surface area contributed by atoms with E-state index in [1.165, 1.54) is 6.20 Å². The highest BCUT2D eigenvalue weighted by molar-refractivity contribution is 7.98. The van der Waals surface area contributed by atoms with Gasteiger partial charge in [0.05, 0.1) is 6.20 Å². The smallest absolute Gasteiger partial charge is 0.141 e. The Morgan fingerprint density at radius 3 is 3.36 bits per heavy atom. The predicted octanol–water partition coefficient (Wildman–Crippen LogP) is 2.01. The molecule has 0 unspecified atom stereocenters. The highest BCUT2D eigenvalue weighted by Gasteiger charge is 2.10. The number of aryl methyl sites for hydroxylation is 1. The highest BCUT2D eigenvalue weighted by atomic mass is 32.2. The third kappa shape index (κ3) is 1.38. The molecule has 0 radical (unpaired) electrons. The van der Waals surface area contributed by atoms with E-state index < -0.39 is 0 Å². The summed E-state index contributed by atoms with van der Waals surface area (Å²) in [5, 5.41) is 0. The van der Waals surface area contributed by atoms with Gasteiger partial charge in [-0.1, -0.05) is 0 Å². The molecule has 58 valence electrons. The molecule has 3 heteroatoms. The molecular formula is C8H8FNS. The quantitative estimate of drug-likeness (QED) is 0.589. The van der Waals surface area contributed by atoms with Crippen LogP contribution < -0.4 is 0 Å². The van der Waals surface area contributed by atoms with Gasteiger partial charge in [-0.25, -0.2) is 4.39 Å². The van der Waals surface area contributed by atoms with Gasteiger partial charge in [-0.3, -0.25) is 4.98 Å². The first-order valence-corrected chi connectivity index (χ1v) is 4.73. The highest BCUT2D eigenvalue weighted by Crippen LogP contribution is 2.22. The SMILES string of the molecule is Fc1cnc2c(c1)CSCC2. The van der Waals surface area contributed by atoms with Gasteiger partial charge in [0.1, 0.15) is 5.82 Å². The van der Waals surface area contributed by atoms with Gasteiger partial charge >= 0.3 is 0 Å². The van der Waals surface area contributed by atoms with Crippen molar-refractivity contribution in [1.82, 2.24) is 4.98 Å². The Kier molecular flexibility index (Phi) is 1.82. The fourth-order valence-electron chi connectivity index (χ4n) is 1.21. The number of thioether (sulfide) groups is 1. The van der Waals surface area contributed by atoms with Crippen LogP contribution in [0.3, 0.4) is 0 Å². The normalized spacial score (nSPS) is 16.1. The van der Waals surface area contributed by atoms with Gasteiger partial charge in [0.2, 0.25) is 0 Å². The van der Waals surface area contributed by atoms with Crippen LogP contribution >= 0.6 is 11.8 Å². The summed E-state index contributed by atoms with van der Waals surface area (Å²) in [5.41, 5.74) is 2.14. The minimum Gasteiger partial charge on any atom is -0.258 e. The largest absolute Gasteiger partial charge is 0.258 e. The number of hydrogen-bond donors (Lipinski definition) is 0. The molecule has 0 bridgehead atoms. The Morgan fingerprint density at radius 1 is 1.55 bits per heavy atom. The maximum atomic E-state index is 12.6. The zero-order valence-electron chi connectivity index (χ0n) is 6.01. The van der Waals surface area contributed by atoms with Crippen LogP contribution in [-0.2, 0) is 12.2 Å². The van der Waals surface area contributed by atoms with E-state index in [0.717, 1.165) is 29.2 Å². The Labute approximate surface area is 69.0 Å². The van der Waals surface area contributed by atoms with E-state index in [4.69, 9.17) is 0 Å². The van der Waals surface area contributed by atoms with Gasteiger partial charge in [0.25, 0.3) is 0 Å². The van der Waals surface area contributed by atoms with Crippen LogP contribution in [-0.4, -0.2) is 10.7 Å². The third-order valence-corrected chi connectivity index (χ3v) is 2.78. The average Bonchev–Trinajstić information content (AvgIpc) is 2.04. The first-order chi connectivity index (χ1) is 5.36. The molecule has 0 atom stereocenters. The molecule has 0 aromatic carbocycles. The topological polar surface area (TPSA) is 12.9 Å². The van der Waals surface area contributed by atoms with Crippen LogP contribution in [0.5, 0.6) is 0 Å². The molecule has 1 aromatic heterocycles. The molecule has 11 heavy (non-hydrogen) atoms. The van der Waals surface area contributed by atoms with Gasteiger partial charge < -0.3 is 0 Å². The number of rotatable bonds is 0. The molecule has 0 aliphatic carbocycles. The Bertz CT molecular complexity index is 275. The molecule has 2 rings (SSSR count). The first-order valence-electron chi connectivity index (χ1n) is 3.57. The van der Waals surface area contributed by atoms with Gasteiger partial charge in [-0.2, -0.15) is 11.8 Å². The van der Waals surface area contributed by atoms with E-state index >= 15 is 0 Å². The van der Waals surface area contributed by atoms with Crippen LogP contribution in [0.25, 0.3) is 0 Å². The van der Waals surface area contributed by atoms with Crippen molar-refractivity contribution in [2.45, 2.75) is 12.2 Å². The molecule has 2 heterocycles. The van der Waals surface area contributed by atoms with Crippen molar-refractivity contribution < 1.29 is 4.39 Å². The molecule has 1 nitrogen and oxygen atoms in total. The van der Waals surface area contributed by atoms with E-state index in [9.17, 15) is 4.39 Å². The van der Waals surface area contributed by atoms with Gasteiger partial charge in [0.15, 0.2) is 0 Å². The van der Waals surface area contributed by atoms with Gasteiger partial charge in [-0.05, 0) is 23.8 Å². The van der Waals surface area contributed by atoms with E-state index in [1.54, 1.807) is 6.07 Å². The van der Waals surface area contributed by atoms with Crippen molar-refractivity contribution >= 4 is 11.8 Å². The summed E-state index contributed by atoms with van der Waals surface area (Å²) in [5.74, 6) is 1.82. The lowest BCUT2D eigenvalue weighted by Gasteiger charge is -2.12. The van der Waals surface area contributed by atoms with Gasteiger partial charge in [0, 0.05) is 11.4 Å². The van der Waals surface area contributed by atoms with Crippen LogP contribution in [0.4, 0.5) is 4.39 Å². The lowest BCUT2D eigenvalue weighted by Crippen LogP contribution is -2.05. The molecule has 0 amide bonds. The third-order valence-electron chi connectivity index (χ3n) is 1.77. The molecule has 0 saturated carbocycles. The fraction of sp³-hybridized carbons (Fsp3) is 0.375. The minimum absolute atomic E-state index is 0.216. The molecule has 1 aliphatic rings. The summed E-state index contributed by atoms with van der Waals surface area (Å²) in [4.78, 5) is 4.03. The number of halogens is 1. The summed E-state index contributed by atoms with van der Waals surface area (Å²) in [6.07, 6.45) is 2.29. The molecular weight excluding hydrogens is 161 g/mol. The lowest BCUT2D eigenvalue weighted by molar-refractivity contribution is 0.617. The second-order valence-corrected chi connectivity index (χ2v) is 3.67. The summed E-state index contributed by atoms with van der Waals surface area (Å²) < 4.78 is 12.6. The Balaban J connectivity index is 2.43. The summed E-state index contributed by atoms with van der Waals surface area (Å²) in [7, 11) is 0. The average molecular weight is 169 g/mol. The van der Waals surface area contributed by atoms with Crippen molar-refractivity contribution in [2.24, 2.45) is 0 Å². The first kappa shape index (κ1) is 7.10. The second-order valence-electron chi connectivity index (χ2n) is 2.56. The standard InChI is InChI=1S/C8H8FNS/c9-7-3-6-5-11-2-1-8(6)10-4-7/h3-4H,1-2,5H2. The summed E-state index contributed by atoms with van der Waals surface area (Å²) >= 11 is 1.84. The monoisotopic (exact) mass is 169 g/mol. The second kappa shape index (κ2) is 2.81. The van der Waals surface area contributed by atoms with Crippen molar-refractivity contribution in [3.05, 3.63) is 29.3 Å². The summed E-state index contributed by atoms with van der Waals surface area (Å²) in [6.45, 7) is 0. The maximum Gasteiger partial charge on any atom is 0.141 e. The number of nitrogens with zero attached hydrogens (tertiary/aromatic N) is 1. The lowest BCUT2D eigenvalue weighted by atomic mass is 10.2. The van der Waals surface area contributed by atoms with Crippen LogP contribution in [0.2, 0.25) is 0 Å². The zero-order valence-corrected chi connectivity index (χ0v) is 6.83.